The summed E-state index contributed by atoms with van der Waals surface area (Å²) < 4.78 is 5.40. The van der Waals surface area contributed by atoms with Crippen molar-refractivity contribution in [1.82, 2.24) is 5.32 Å². The van der Waals surface area contributed by atoms with Crippen molar-refractivity contribution in [2.45, 2.75) is 59.6 Å². The largest absolute Gasteiger partial charge is 0.480 e. The molecule has 0 aromatic carbocycles. The fourth-order valence-corrected chi connectivity index (χ4v) is 1.51. The number of carbonyl (C=O) groups excluding carboxylic acids is 1. The third-order valence-electron chi connectivity index (χ3n) is 3.21. The molecule has 2 N–H and O–H groups in total. The summed E-state index contributed by atoms with van der Waals surface area (Å²) in [6.07, 6.45) is 0.954. The van der Waals surface area contributed by atoms with Crippen LogP contribution in [0.5, 0.6) is 0 Å². The second-order valence-corrected chi connectivity index (χ2v) is 5.41. The third kappa shape index (κ3) is 7.15. The van der Waals surface area contributed by atoms with E-state index in [9.17, 15) is 9.59 Å². The second kappa shape index (κ2) is 8.91. The molecule has 5 heteroatoms. The molecule has 0 aliphatic carbocycles. The summed E-state index contributed by atoms with van der Waals surface area (Å²) in [5.74, 6) is -0.958. The first-order valence-electron chi connectivity index (χ1n) is 6.94. The molecule has 0 radical (unpaired) electrons. The Labute approximate surface area is 115 Å². The lowest BCUT2D eigenvalue weighted by Gasteiger charge is -2.22. The SMILES string of the molecule is CCC(C)C(NC(=O)C(C)OCCC(C)C)C(=O)O. The van der Waals surface area contributed by atoms with Crippen LogP contribution in [0.4, 0.5) is 0 Å². The van der Waals surface area contributed by atoms with Crippen LogP contribution in [0.2, 0.25) is 0 Å². The van der Waals surface area contributed by atoms with Gasteiger partial charge in [-0.2, -0.15) is 0 Å². The van der Waals surface area contributed by atoms with Gasteiger partial charge in [-0.05, 0) is 25.2 Å². The molecule has 0 saturated heterocycles. The molecule has 0 heterocycles. The summed E-state index contributed by atoms with van der Waals surface area (Å²) in [6.45, 7) is 10.0. The summed E-state index contributed by atoms with van der Waals surface area (Å²) in [7, 11) is 0. The number of rotatable bonds is 9. The molecule has 0 spiro atoms. The normalized spacial score (nSPS) is 15.9. The minimum absolute atomic E-state index is 0.107. The molecule has 1 amide bonds. The standard InChI is InChI=1S/C14H27NO4/c1-6-10(4)12(14(17)18)15-13(16)11(5)19-8-7-9(2)3/h9-12H,6-8H2,1-5H3,(H,15,16)(H,17,18). The summed E-state index contributed by atoms with van der Waals surface area (Å²) in [6, 6.07) is -0.853. The zero-order valence-corrected chi connectivity index (χ0v) is 12.6. The number of nitrogens with one attached hydrogen (secondary N) is 1. The lowest BCUT2D eigenvalue weighted by Crippen LogP contribution is -2.48. The van der Waals surface area contributed by atoms with Gasteiger partial charge in [0.1, 0.15) is 12.1 Å². The van der Waals surface area contributed by atoms with Crippen molar-refractivity contribution >= 4 is 11.9 Å². The summed E-state index contributed by atoms with van der Waals surface area (Å²) >= 11 is 0. The minimum atomic E-state index is -1.00. The van der Waals surface area contributed by atoms with Gasteiger partial charge in [-0.25, -0.2) is 4.79 Å². The lowest BCUT2D eigenvalue weighted by atomic mass is 9.99. The van der Waals surface area contributed by atoms with Crippen LogP contribution in [0, 0.1) is 11.8 Å². The summed E-state index contributed by atoms with van der Waals surface area (Å²) in [5.41, 5.74) is 0. The first-order chi connectivity index (χ1) is 8.79. The van der Waals surface area contributed by atoms with Gasteiger partial charge < -0.3 is 15.2 Å². The highest BCUT2D eigenvalue weighted by Gasteiger charge is 2.27. The van der Waals surface area contributed by atoms with Crippen molar-refractivity contribution in [3.05, 3.63) is 0 Å². The fraction of sp³-hybridized carbons (Fsp3) is 0.857. The van der Waals surface area contributed by atoms with E-state index in [0.29, 0.717) is 18.9 Å². The van der Waals surface area contributed by atoms with E-state index < -0.39 is 18.1 Å². The molecule has 0 aromatic rings. The van der Waals surface area contributed by atoms with Gasteiger partial charge in [0.2, 0.25) is 5.91 Å². The molecule has 0 rings (SSSR count). The Hall–Kier alpha value is -1.10. The Balaban J connectivity index is 4.28. The maximum Gasteiger partial charge on any atom is 0.326 e. The smallest absolute Gasteiger partial charge is 0.326 e. The van der Waals surface area contributed by atoms with Gasteiger partial charge in [0.15, 0.2) is 0 Å². The number of aliphatic carboxylic acids is 1. The Morgan fingerprint density at radius 2 is 1.79 bits per heavy atom. The average Bonchev–Trinajstić information content (AvgIpc) is 2.33. The van der Waals surface area contributed by atoms with Crippen LogP contribution in [0.25, 0.3) is 0 Å². The molecule has 0 saturated carbocycles. The van der Waals surface area contributed by atoms with Crippen LogP contribution in [0.1, 0.15) is 47.5 Å². The van der Waals surface area contributed by atoms with Crippen molar-refractivity contribution in [2.24, 2.45) is 11.8 Å². The van der Waals surface area contributed by atoms with Gasteiger partial charge in [-0.1, -0.05) is 34.1 Å². The minimum Gasteiger partial charge on any atom is -0.480 e. The third-order valence-corrected chi connectivity index (χ3v) is 3.21. The second-order valence-electron chi connectivity index (χ2n) is 5.41. The van der Waals surface area contributed by atoms with Gasteiger partial charge in [0, 0.05) is 6.61 Å². The summed E-state index contributed by atoms with van der Waals surface area (Å²) in [5, 5.41) is 11.6. The van der Waals surface area contributed by atoms with E-state index in [2.05, 4.69) is 19.2 Å². The number of carboxylic acids is 1. The first kappa shape index (κ1) is 17.9. The molecule has 19 heavy (non-hydrogen) atoms. The Kier molecular flexibility index (Phi) is 8.39. The van der Waals surface area contributed by atoms with Crippen molar-refractivity contribution in [2.75, 3.05) is 6.61 Å². The maximum absolute atomic E-state index is 11.9. The number of ether oxygens (including phenoxy) is 1. The molecule has 0 bridgehead atoms. The molecule has 0 aliphatic heterocycles. The van der Waals surface area contributed by atoms with Crippen molar-refractivity contribution in [3.63, 3.8) is 0 Å². The Bertz CT molecular complexity index is 291. The van der Waals surface area contributed by atoms with Gasteiger partial charge >= 0.3 is 5.97 Å². The van der Waals surface area contributed by atoms with Crippen LogP contribution < -0.4 is 5.32 Å². The molecule has 5 nitrogen and oxygen atoms in total. The quantitative estimate of drug-likeness (QED) is 0.674. The van der Waals surface area contributed by atoms with Crippen LogP contribution in [-0.4, -0.2) is 35.7 Å². The van der Waals surface area contributed by atoms with Crippen LogP contribution in [0.15, 0.2) is 0 Å². The average molecular weight is 273 g/mol. The predicted octanol–water partition coefficient (Wildman–Crippen LogP) is 2.05. The topological polar surface area (TPSA) is 75.6 Å². The highest BCUT2D eigenvalue weighted by molar-refractivity contribution is 5.86. The van der Waals surface area contributed by atoms with E-state index >= 15 is 0 Å². The van der Waals surface area contributed by atoms with Crippen molar-refractivity contribution < 1.29 is 19.4 Å². The zero-order chi connectivity index (χ0) is 15.0. The number of carbonyl (C=O) groups is 2. The zero-order valence-electron chi connectivity index (χ0n) is 12.6. The Morgan fingerprint density at radius 1 is 1.21 bits per heavy atom. The molecule has 0 aliphatic rings. The number of carboxylic acid groups (broad SMARTS) is 1. The molecule has 112 valence electrons. The van der Waals surface area contributed by atoms with Gasteiger partial charge in [0.25, 0.3) is 0 Å². The molecular weight excluding hydrogens is 246 g/mol. The first-order valence-corrected chi connectivity index (χ1v) is 6.94. The fourth-order valence-electron chi connectivity index (χ4n) is 1.51. The van der Waals surface area contributed by atoms with Crippen molar-refractivity contribution in [3.8, 4) is 0 Å². The van der Waals surface area contributed by atoms with Gasteiger partial charge in [0.05, 0.1) is 0 Å². The molecule has 0 fully saturated rings. The monoisotopic (exact) mass is 273 g/mol. The predicted molar refractivity (Wildman–Crippen MR) is 73.9 cm³/mol. The highest BCUT2D eigenvalue weighted by Crippen LogP contribution is 2.09. The van der Waals surface area contributed by atoms with E-state index in [4.69, 9.17) is 9.84 Å². The highest BCUT2D eigenvalue weighted by atomic mass is 16.5. The van der Waals surface area contributed by atoms with Crippen LogP contribution in [0.3, 0.4) is 0 Å². The van der Waals surface area contributed by atoms with Gasteiger partial charge in [-0.3, -0.25) is 4.79 Å². The van der Waals surface area contributed by atoms with Crippen LogP contribution >= 0.6 is 0 Å². The molecule has 3 unspecified atom stereocenters. The lowest BCUT2D eigenvalue weighted by molar-refractivity contribution is -0.145. The van der Waals surface area contributed by atoms with Crippen molar-refractivity contribution in [1.29, 1.82) is 0 Å². The number of amides is 1. The number of hydrogen-bond donors (Lipinski definition) is 2. The molecule has 3 atom stereocenters. The molecular formula is C14H27NO4. The van der Waals surface area contributed by atoms with E-state index in [-0.39, 0.29) is 11.8 Å². The van der Waals surface area contributed by atoms with Gasteiger partial charge in [-0.15, -0.1) is 0 Å². The van der Waals surface area contributed by atoms with E-state index in [0.717, 1.165) is 6.42 Å². The van der Waals surface area contributed by atoms with E-state index in [1.54, 1.807) is 6.92 Å². The summed E-state index contributed by atoms with van der Waals surface area (Å²) in [4.78, 5) is 23.0. The number of hydrogen-bond acceptors (Lipinski definition) is 3. The maximum atomic E-state index is 11.9. The van der Waals surface area contributed by atoms with E-state index in [1.165, 1.54) is 0 Å². The van der Waals surface area contributed by atoms with Crippen LogP contribution in [-0.2, 0) is 14.3 Å². The van der Waals surface area contributed by atoms with E-state index in [1.807, 2.05) is 13.8 Å². The Morgan fingerprint density at radius 3 is 2.21 bits per heavy atom. The molecule has 0 aromatic heterocycles.